The molecule has 1 aromatic rings. The molecule has 0 aromatic heterocycles. The fourth-order valence-electron chi connectivity index (χ4n) is 1.54. The molecule has 1 rings (SSSR count). The van der Waals surface area contributed by atoms with Gasteiger partial charge in [-0.3, -0.25) is 4.21 Å². The Morgan fingerprint density at radius 2 is 2.00 bits per heavy atom. The summed E-state index contributed by atoms with van der Waals surface area (Å²) in [6.45, 7) is 4.81. The quantitative estimate of drug-likeness (QED) is 0.804. The van der Waals surface area contributed by atoms with Crippen LogP contribution in [-0.4, -0.2) is 33.9 Å². The Labute approximate surface area is 106 Å². The van der Waals surface area contributed by atoms with Crippen LogP contribution in [-0.2, 0) is 16.4 Å². The van der Waals surface area contributed by atoms with Gasteiger partial charge in [-0.15, -0.1) is 0 Å². The SMILES string of the molecule is CC(CNCC(C)(O)c1ccccc1)S(C)=O. The Balaban J connectivity index is 2.48. The van der Waals surface area contributed by atoms with Crippen LogP contribution in [0.4, 0.5) is 0 Å². The smallest absolute Gasteiger partial charge is 0.0992 e. The molecule has 0 radical (unpaired) electrons. The molecule has 2 N–H and O–H groups in total. The molecule has 0 saturated heterocycles. The van der Waals surface area contributed by atoms with E-state index in [-0.39, 0.29) is 5.25 Å². The van der Waals surface area contributed by atoms with E-state index in [2.05, 4.69) is 5.32 Å². The summed E-state index contributed by atoms with van der Waals surface area (Å²) in [7, 11) is -0.827. The fourth-order valence-corrected chi connectivity index (χ4v) is 1.89. The van der Waals surface area contributed by atoms with Crippen molar-refractivity contribution in [1.29, 1.82) is 0 Å². The van der Waals surface area contributed by atoms with Crippen LogP contribution in [0, 0.1) is 0 Å². The molecule has 96 valence electrons. The second kappa shape index (κ2) is 6.28. The number of hydrogen-bond donors (Lipinski definition) is 2. The van der Waals surface area contributed by atoms with Gasteiger partial charge in [-0.25, -0.2) is 0 Å². The molecule has 17 heavy (non-hydrogen) atoms. The van der Waals surface area contributed by atoms with Crippen LogP contribution >= 0.6 is 0 Å². The first-order valence-electron chi connectivity index (χ1n) is 5.74. The number of benzene rings is 1. The lowest BCUT2D eigenvalue weighted by molar-refractivity contribution is 0.0573. The van der Waals surface area contributed by atoms with E-state index in [9.17, 15) is 9.32 Å². The van der Waals surface area contributed by atoms with Crippen LogP contribution in [0.25, 0.3) is 0 Å². The fraction of sp³-hybridized carbons (Fsp3) is 0.538. The zero-order valence-corrected chi connectivity index (χ0v) is 11.5. The monoisotopic (exact) mass is 255 g/mol. The molecule has 0 spiro atoms. The Morgan fingerprint density at radius 1 is 1.41 bits per heavy atom. The van der Waals surface area contributed by atoms with Gasteiger partial charge < -0.3 is 10.4 Å². The molecular weight excluding hydrogens is 234 g/mol. The van der Waals surface area contributed by atoms with Gasteiger partial charge in [-0.2, -0.15) is 0 Å². The summed E-state index contributed by atoms with van der Waals surface area (Å²) in [4.78, 5) is 0. The molecule has 0 heterocycles. The van der Waals surface area contributed by atoms with Crippen molar-refractivity contribution in [3.05, 3.63) is 35.9 Å². The average molecular weight is 255 g/mol. The predicted octanol–water partition coefficient (Wildman–Crippen LogP) is 1.25. The van der Waals surface area contributed by atoms with E-state index in [1.807, 2.05) is 37.3 Å². The van der Waals surface area contributed by atoms with Gasteiger partial charge in [-0.05, 0) is 19.4 Å². The molecule has 0 aliphatic carbocycles. The maximum absolute atomic E-state index is 11.2. The molecule has 1 aromatic carbocycles. The second-order valence-electron chi connectivity index (χ2n) is 4.58. The first-order valence-corrected chi connectivity index (χ1v) is 7.36. The lowest BCUT2D eigenvalue weighted by Crippen LogP contribution is -2.39. The summed E-state index contributed by atoms with van der Waals surface area (Å²) in [5, 5.41) is 13.6. The number of nitrogens with one attached hydrogen (secondary N) is 1. The van der Waals surface area contributed by atoms with Gasteiger partial charge in [0, 0.05) is 35.4 Å². The predicted molar refractivity (Wildman–Crippen MR) is 72.4 cm³/mol. The lowest BCUT2D eigenvalue weighted by atomic mass is 9.96. The summed E-state index contributed by atoms with van der Waals surface area (Å²) in [6.07, 6.45) is 1.70. The number of hydrogen-bond acceptors (Lipinski definition) is 3. The standard InChI is InChI=1S/C13H21NO2S/c1-11(17(3)16)9-14-10-13(2,15)12-7-5-4-6-8-12/h4-8,11,14-15H,9-10H2,1-3H3. The van der Waals surface area contributed by atoms with Crippen LogP contribution in [0.1, 0.15) is 19.4 Å². The van der Waals surface area contributed by atoms with E-state index < -0.39 is 16.4 Å². The van der Waals surface area contributed by atoms with Gasteiger partial charge in [0.1, 0.15) is 0 Å². The van der Waals surface area contributed by atoms with Crippen molar-refractivity contribution in [3.8, 4) is 0 Å². The van der Waals surface area contributed by atoms with Crippen LogP contribution in [0.5, 0.6) is 0 Å². The molecule has 0 amide bonds. The zero-order chi connectivity index (χ0) is 12.9. The van der Waals surface area contributed by atoms with E-state index in [1.54, 1.807) is 13.2 Å². The zero-order valence-electron chi connectivity index (χ0n) is 10.6. The number of aliphatic hydroxyl groups is 1. The van der Waals surface area contributed by atoms with Gasteiger partial charge in [0.2, 0.25) is 0 Å². The molecule has 0 bridgehead atoms. The minimum atomic E-state index is -0.893. The summed E-state index contributed by atoms with van der Waals surface area (Å²) < 4.78 is 11.2. The van der Waals surface area contributed by atoms with Crippen molar-refractivity contribution in [3.63, 3.8) is 0 Å². The van der Waals surface area contributed by atoms with Crippen molar-refractivity contribution >= 4 is 10.8 Å². The second-order valence-corrected chi connectivity index (χ2v) is 6.38. The molecule has 0 saturated carbocycles. The first kappa shape index (κ1) is 14.4. The Morgan fingerprint density at radius 3 is 2.53 bits per heavy atom. The maximum Gasteiger partial charge on any atom is 0.0992 e. The first-order chi connectivity index (χ1) is 7.93. The van der Waals surface area contributed by atoms with E-state index in [1.165, 1.54) is 0 Å². The molecule has 3 atom stereocenters. The highest BCUT2D eigenvalue weighted by Crippen LogP contribution is 2.18. The largest absolute Gasteiger partial charge is 0.384 e. The highest BCUT2D eigenvalue weighted by Gasteiger charge is 2.22. The maximum atomic E-state index is 11.2. The van der Waals surface area contributed by atoms with Crippen molar-refractivity contribution in [2.75, 3.05) is 19.3 Å². The highest BCUT2D eigenvalue weighted by atomic mass is 32.2. The Kier molecular flexibility index (Phi) is 5.31. The third kappa shape index (κ3) is 4.58. The summed E-state index contributed by atoms with van der Waals surface area (Å²) in [5.41, 5.74) is -0.00582. The van der Waals surface area contributed by atoms with Gasteiger partial charge in [0.05, 0.1) is 5.60 Å². The van der Waals surface area contributed by atoms with Crippen molar-refractivity contribution < 1.29 is 9.32 Å². The molecular formula is C13H21NO2S. The van der Waals surface area contributed by atoms with E-state index in [4.69, 9.17) is 0 Å². The topological polar surface area (TPSA) is 49.3 Å². The Hall–Kier alpha value is -0.710. The van der Waals surface area contributed by atoms with Gasteiger partial charge in [0.25, 0.3) is 0 Å². The third-order valence-corrected chi connectivity index (χ3v) is 4.16. The third-order valence-electron chi connectivity index (χ3n) is 2.86. The normalized spacial score (nSPS) is 18.4. The summed E-state index contributed by atoms with van der Waals surface area (Å²) in [5.74, 6) is 0. The van der Waals surface area contributed by atoms with Crippen molar-refractivity contribution in [2.45, 2.75) is 24.7 Å². The highest BCUT2D eigenvalue weighted by molar-refractivity contribution is 7.84. The summed E-state index contributed by atoms with van der Waals surface area (Å²) in [6, 6.07) is 9.56. The molecule has 0 aliphatic heterocycles. The number of rotatable bonds is 6. The summed E-state index contributed by atoms with van der Waals surface area (Å²) >= 11 is 0. The van der Waals surface area contributed by atoms with Crippen LogP contribution in [0.2, 0.25) is 0 Å². The van der Waals surface area contributed by atoms with Gasteiger partial charge >= 0.3 is 0 Å². The van der Waals surface area contributed by atoms with Gasteiger partial charge in [0.15, 0.2) is 0 Å². The van der Waals surface area contributed by atoms with Gasteiger partial charge in [-0.1, -0.05) is 30.3 Å². The molecule has 3 nitrogen and oxygen atoms in total. The van der Waals surface area contributed by atoms with Crippen molar-refractivity contribution in [1.82, 2.24) is 5.32 Å². The Bertz CT molecular complexity index is 365. The van der Waals surface area contributed by atoms with Crippen LogP contribution in [0.15, 0.2) is 30.3 Å². The van der Waals surface area contributed by atoms with Crippen LogP contribution < -0.4 is 5.32 Å². The van der Waals surface area contributed by atoms with Crippen molar-refractivity contribution in [2.24, 2.45) is 0 Å². The lowest BCUT2D eigenvalue weighted by Gasteiger charge is -2.25. The van der Waals surface area contributed by atoms with E-state index in [0.29, 0.717) is 13.1 Å². The minimum Gasteiger partial charge on any atom is -0.384 e. The minimum absolute atomic E-state index is 0.0987. The molecule has 3 unspecified atom stereocenters. The average Bonchev–Trinajstić information content (AvgIpc) is 2.29. The molecule has 4 heteroatoms. The van der Waals surface area contributed by atoms with E-state index >= 15 is 0 Å². The van der Waals surface area contributed by atoms with E-state index in [0.717, 1.165) is 5.56 Å². The molecule has 0 aliphatic rings. The molecule has 0 fully saturated rings. The van der Waals surface area contributed by atoms with Crippen LogP contribution in [0.3, 0.4) is 0 Å².